The van der Waals surface area contributed by atoms with E-state index < -0.39 is 11.1 Å². The van der Waals surface area contributed by atoms with Gasteiger partial charge in [-0.1, -0.05) is 6.07 Å². The molecule has 1 unspecified atom stereocenters. The Morgan fingerprint density at radius 3 is 2.50 bits per heavy atom. The van der Waals surface area contributed by atoms with Crippen molar-refractivity contribution in [3.63, 3.8) is 0 Å². The first kappa shape index (κ1) is 9.35. The Hall–Kier alpha value is -0.740. The SMILES string of the molecule is O=S(O)CCC[n+]1ccccc1. The van der Waals surface area contributed by atoms with Crippen molar-refractivity contribution in [1.82, 2.24) is 0 Å². The molecule has 1 heterocycles. The fourth-order valence-corrected chi connectivity index (χ4v) is 1.33. The molecular weight excluding hydrogens is 174 g/mol. The summed E-state index contributed by atoms with van der Waals surface area (Å²) in [7, 11) is 0. The van der Waals surface area contributed by atoms with Crippen LogP contribution in [0.3, 0.4) is 0 Å². The van der Waals surface area contributed by atoms with Gasteiger partial charge in [0.2, 0.25) is 0 Å². The van der Waals surface area contributed by atoms with Crippen LogP contribution in [0.15, 0.2) is 30.6 Å². The van der Waals surface area contributed by atoms with E-state index in [-0.39, 0.29) is 0 Å². The smallest absolute Gasteiger partial charge is 0.168 e. The molecule has 0 fully saturated rings. The summed E-state index contributed by atoms with van der Waals surface area (Å²) >= 11 is -1.65. The fraction of sp³-hybridized carbons (Fsp3) is 0.375. The van der Waals surface area contributed by atoms with Gasteiger partial charge < -0.3 is 4.55 Å². The Morgan fingerprint density at radius 2 is 1.92 bits per heavy atom. The summed E-state index contributed by atoms with van der Waals surface area (Å²) in [5, 5.41) is 0. The molecule has 0 aromatic carbocycles. The fourth-order valence-electron chi connectivity index (χ4n) is 0.954. The second-order valence-corrected chi connectivity index (χ2v) is 3.54. The molecule has 3 nitrogen and oxygen atoms in total. The topological polar surface area (TPSA) is 41.2 Å². The van der Waals surface area contributed by atoms with Crippen LogP contribution < -0.4 is 4.57 Å². The number of aryl methyl sites for hydroxylation is 1. The number of rotatable bonds is 4. The molecule has 1 aromatic heterocycles. The van der Waals surface area contributed by atoms with Crippen molar-refractivity contribution in [2.45, 2.75) is 13.0 Å². The quantitative estimate of drug-likeness (QED) is 0.552. The van der Waals surface area contributed by atoms with E-state index in [0.29, 0.717) is 5.75 Å². The summed E-state index contributed by atoms with van der Waals surface area (Å²) in [5.41, 5.74) is 0. The lowest BCUT2D eigenvalue weighted by molar-refractivity contribution is -0.696. The molecule has 0 saturated carbocycles. The molecule has 0 spiro atoms. The Kier molecular flexibility index (Phi) is 3.90. The van der Waals surface area contributed by atoms with Crippen molar-refractivity contribution in [1.29, 1.82) is 0 Å². The van der Waals surface area contributed by atoms with Crippen LogP contribution in [0.25, 0.3) is 0 Å². The van der Waals surface area contributed by atoms with Crippen molar-refractivity contribution in [3.05, 3.63) is 30.6 Å². The van der Waals surface area contributed by atoms with Crippen LogP contribution in [-0.2, 0) is 17.6 Å². The molecule has 4 heteroatoms. The largest absolute Gasteiger partial charge is 0.306 e. The number of hydrogen-bond donors (Lipinski definition) is 1. The lowest BCUT2D eigenvalue weighted by Crippen LogP contribution is -2.32. The Labute approximate surface area is 74.3 Å². The predicted octanol–water partition coefficient (Wildman–Crippen LogP) is 0.586. The maximum Gasteiger partial charge on any atom is 0.168 e. The van der Waals surface area contributed by atoms with Crippen molar-refractivity contribution in [2.24, 2.45) is 0 Å². The maximum atomic E-state index is 10.3. The van der Waals surface area contributed by atoms with E-state index in [2.05, 4.69) is 0 Å². The Morgan fingerprint density at radius 1 is 1.25 bits per heavy atom. The summed E-state index contributed by atoms with van der Waals surface area (Å²) < 4.78 is 20.8. The monoisotopic (exact) mass is 186 g/mol. The molecule has 0 aliphatic carbocycles. The van der Waals surface area contributed by atoms with E-state index in [0.717, 1.165) is 13.0 Å². The first-order chi connectivity index (χ1) is 5.79. The van der Waals surface area contributed by atoms with E-state index in [1.165, 1.54) is 0 Å². The summed E-state index contributed by atoms with van der Waals surface area (Å²) in [6.45, 7) is 0.799. The van der Waals surface area contributed by atoms with Gasteiger partial charge in [0, 0.05) is 18.6 Å². The van der Waals surface area contributed by atoms with Gasteiger partial charge >= 0.3 is 0 Å². The maximum absolute atomic E-state index is 10.3. The van der Waals surface area contributed by atoms with Crippen molar-refractivity contribution in [2.75, 3.05) is 5.75 Å². The number of pyridine rings is 1. The summed E-state index contributed by atoms with van der Waals surface area (Å²) in [5.74, 6) is 0.349. The first-order valence-corrected chi connectivity index (χ1v) is 5.08. The van der Waals surface area contributed by atoms with E-state index in [4.69, 9.17) is 4.55 Å². The van der Waals surface area contributed by atoms with Gasteiger partial charge in [0.1, 0.15) is 6.54 Å². The molecule has 0 radical (unpaired) electrons. The van der Waals surface area contributed by atoms with E-state index in [1.807, 2.05) is 35.2 Å². The van der Waals surface area contributed by atoms with Crippen LogP contribution in [0.4, 0.5) is 0 Å². The molecule has 1 atom stereocenters. The van der Waals surface area contributed by atoms with Gasteiger partial charge in [0.05, 0.1) is 5.75 Å². The van der Waals surface area contributed by atoms with Crippen molar-refractivity contribution >= 4 is 11.1 Å². The van der Waals surface area contributed by atoms with Crippen molar-refractivity contribution in [3.8, 4) is 0 Å². The average molecular weight is 186 g/mol. The summed E-state index contributed by atoms with van der Waals surface area (Å²) in [6, 6.07) is 5.83. The molecule has 66 valence electrons. The van der Waals surface area contributed by atoms with Crippen LogP contribution in [0.2, 0.25) is 0 Å². The van der Waals surface area contributed by atoms with Gasteiger partial charge in [0.25, 0.3) is 0 Å². The highest BCUT2D eigenvalue weighted by Gasteiger charge is 1.99. The molecule has 0 aliphatic heterocycles. The van der Waals surface area contributed by atoms with E-state index in [9.17, 15) is 4.21 Å². The summed E-state index contributed by atoms with van der Waals surface area (Å²) in [6.07, 6.45) is 4.62. The Balaban J connectivity index is 2.29. The lowest BCUT2D eigenvalue weighted by atomic mass is 10.4. The normalized spacial score (nSPS) is 12.8. The first-order valence-electron chi connectivity index (χ1n) is 3.80. The van der Waals surface area contributed by atoms with Crippen LogP contribution in [0.1, 0.15) is 6.42 Å². The van der Waals surface area contributed by atoms with Crippen LogP contribution in [-0.4, -0.2) is 14.5 Å². The highest BCUT2D eigenvalue weighted by molar-refractivity contribution is 7.79. The Bertz CT molecular complexity index is 250. The van der Waals surface area contributed by atoms with E-state index in [1.54, 1.807) is 0 Å². The molecule has 1 N–H and O–H groups in total. The van der Waals surface area contributed by atoms with Gasteiger partial charge in [-0.2, -0.15) is 0 Å². The third-order valence-corrected chi connectivity index (χ3v) is 2.15. The third kappa shape index (κ3) is 3.59. The van der Waals surface area contributed by atoms with Gasteiger partial charge in [-0.25, -0.2) is 8.78 Å². The lowest BCUT2D eigenvalue weighted by Gasteiger charge is -1.93. The molecule has 12 heavy (non-hydrogen) atoms. The second kappa shape index (κ2) is 5.00. The predicted molar refractivity (Wildman–Crippen MR) is 46.9 cm³/mol. The third-order valence-electron chi connectivity index (χ3n) is 1.51. The summed E-state index contributed by atoms with van der Waals surface area (Å²) in [4.78, 5) is 0. The zero-order valence-corrected chi connectivity index (χ0v) is 7.54. The average Bonchev–Trinajstić information content (AvgIpc) is 2.05. The minimum Gasteiger partial charge on any atom is -0.306 e. The zero-order chi connectivity index (χ0) is 8.81. The highest BCUT2D eigenvalue weighted by Crippen LogP contribution is 1.84. The molecule has 1 rings (SSSR count). The number of nitrogens with zero attached hydrogens (tertiary/aromatic N) is 1. The van der Waals surface area contributed by atoms with Gasteiger partial charge in [0.15, 0.2) is 23.5 Å². The number of hydrogen-bond acceptors (Lipinski definition) is 1. The molecule has 0 aliphatic rings. The standard InChI is InChI=1S/C8H11NO2S/c10-12(11)8-4-7-9-5-2-1-3-6-9/h1-3,5-6H,4,7-8H2/p+1. The molecule has 0 bridgehead atoms. The minimum atomic E-state index is -1.65. The van der Waals surface area contributed by atoms with Gasteiger partial charge in [-0.15, -0.1) is 0 Å². The second-order valence-electron chi connectivity index (χ2n) is 2.49. The molecule has 0 saturated heterocycles. The van der Waals surface area contributed by atoms with Crippen LogP contribution in [0, 0.1) is 0 Å². The minimum absolute atomic E-state index is 0.349. The molecule has 0 amide bonds. The van der Waals surface area contributed by atoms with Crippen LogP contribution in [0.5, 0.6) is 0 Å². The molecular formula is C8H12NO2S+. The van der Waals surface area contributed by atoms with E-state index >= 15 is 0 Å². The molecule has 1 aromatic rings. The van der Waals surface area contributed by atoms with Gasteiger partial charge in [-0.3, -0.25) is 0 Å². The van der Waals surface area contributed by atoms with Gasteiger partial charge in [-0.05, 0) is 0 Å². The van der Waals surface area contributed by atoms with Crippen molar-refractivity contribution < 1.29 is 13.3 Å². The number of aromatic nitrogens is 1. The zero-order valence-electron chi connectivity index (χ0n) is 6.72. The van der Waals surface area contributed by atoms with Crippen LogP contribution >= 0.6 is 0 Å². The highest BCUT2D eigenvalue weighted by atomic mass is 32.2.